The van der Waals surface area contributed by atoms with Crippen LogP contribution in [0.2, 0.25) is 0 Å². The molecule has 0 aliphatic rings. The number of anilines is 1. The number of nitrogen functional groups attached to an aromatic ring is 1. The van der Waals surface area contributed by atoms with Crippen LogP contribution in [0.15, 0.2) is 36.4 Å². The lowest BCUT2D eigenvalue weighted by Crippen LogP contribution is -1.98. The van der Waals surface area contributed by atoms with Gasteiger partial charge in [-0.2, -0.15) is 5.26 Å². The van der Waals surface area contributed by atoms with Gasteiger partial charge in [0.2, 0.25) is 0 Å². The highest BCUT2D eigenvalue weighted by atomic mass is 19.1. The van der Waals surface area contributed by atoms with E-state index in [1.807, 2.05) is 6.92 Å². The van der Waals surface area contributed by atoms with Gasteiger partial charge in [-0.05, 0) is 31.2 Å². The van der Waals surface area contributed by atoms with Gasteiger partial charge in [-0.25, -0.2) is 4.39 Å². The second kappa shape index (κ2) is 5.93. The third-order valence-electron chi connectivity index (χ3n) is 2.60. The molecule has 0 heterocycles. The van der Waals surface area contributed by atoms with Gasteiger partial charge in [-0.3, -0.25) is 0 Å². The van der Waals surface area contributed by atoms with E-state index in [1.54, 1.807) is 24.3 Å². The summed E-state index contributed by atoms with van der Waals surface area (Å²) in [5.41, 5.74) is 6.10. The monoisotopic (exact) mass is 272 g/mol. The van der Waals surface area contributed by atoms with Crippen molar-refractivity contribution in [3.8, 4) is 23.3 Å². The van der Waals surface area contributed by atoms with Gasteiger partial charge in [0.15, 0.2) is 0 Å². The molecule has 4 nitrogen and oxygen atoms in total. The number of hydrogen-bond acceptors (Lipinski definition) is 4. The number of halogens is 1. The summed E-state index contributed by atoms with van der Waals surface area (Å²) >= 11 is 0. The summed E-state index contributed by atoms with van der Waals surface area (Å²) in [6.45, 7) is 2.31. The maximum absolute atomic E-state index is 13.5. The van der Waals surface area contributed by atoms with E-state index >= 15 is 0 Å². The fourth-order valence-electron chi connectivity index (χ4n) is 1.68. The Kier molecular flexibility index (Phi) is 4.06. The fraction of sp³-hybridized carbons (Fsp3) is 0.133. The Morgan fingerprint density at radius 1 is 1.25 bits per heavy atom. The summed E-state index contributed by atoms with van der Waals surface area (Å²) < 4.78 is 24.3. The minimum atomic E-state index is -0.620. The zero-order valence-corrected chi connectivity index (χ0v) is 10.9. The lowest BCUT2D eigenvalue weighted by atomic mass is 10.2. The van der Waals surface area contributed by atoms with E-state index in [9.17, 15) is 4.39 Å². The smallest absolute Gasteiger partial charge is 0.148 e. The fourth-order valence-corrected chi connectivity index (χ4v) is 1.68. The highest BCUT2D eigenvalue weighted by Gasteiger charge is 2.11. The lowest BCUT2D eigenvalue weighted by Gasteiger charge is -2.11. The van der Waals surface area contributed by atoms with Crippen molar-refractivity contribution in [1.29, 1.82) is 5.26 Å². The third kappa shape index (κ3) is 2.81. The standard InChI is InChI=1S/C15H13FN2O2/c1-2-19-15-8-10(6-7-13(15)18)20-14-5-3-4-12(16)11(14)9-17/h3-8H,2,18H2,1H3. The molecule has 0 aliphatic heterocycles. The summed E-state index contributed by atoms with van der Waals surface area (Å²) in [5.74, 6) is 0.440. The predicted octanol–water partition coefficient (Wildman–Crippen LogP) is 3.47. The molecule has 5 heteroatoms. The summed E-state index contributed by atoms with van der Waals surface area (Å²) in [7, 11) is 0. The molecule has 2 N–H and O–H groups in total. The topological polar surface area (TPSA) is 68.3 Å². The largest absolute Gasteiger partial charge is 0.492 e. The van der Waals surface area contributed by atoms with E-state index < -0.39 is 5.82 Å². The van der Waals surface area contributed by atoms with Crippen LogP contribution in [0.25, 0.3) is 0 Å². The van der Waals surface area contributed by atoms with Gasteiger partial charge in [-0.15, -0.1) is 0 Å². The molecule has 0 saturated carbocycles. The van der Waals surface area contributed by atoms with Crippen LogP contribution in [0.4, 0.5) is 10.1 Å². The molecule has 0 atom stereocenters. The minimum absolute atomic E-state index is 0.137. The van der Waals surface area contributed by atoms with Crippen LogP contribution in [0, 0.1) is 17.1 Å². The van der Waals surface area contributed by atoms with Crippen molar-refractivity contribution in [2.45, 2.75) is 6.92 Å². The number of hydrogen-bond donors (Lipinski definition) is 1. The van der Waals surface area contributed by atoms with Crippen molar-refractivity contribution in [1.82, 2.24) is 0 Å². The molecule has 0 unspecified atom stereocenters. The van der Waals surface area contributed by atoms with Crippen LogP contribution in [-0.2, 0) is 0 Å². The number of benzene rings is 2. The highest BCUT2D eigenvalue weighted by Crippen LogP contribution is 2.31. The molecule has 0 aromatic heterocycles. The zero-order chi connectivity index (χ0) is 14.5. The van der Waals surface area contributed by atoms with E-state index in [0.29, 0.717) is 23.8 Å². The zero-order valence-electron chi connectivity index (χ0n) is 10.9. The average Bonchev–Trinajstić information content (AvgIpc) is 2.43. The summed E-state index contributed by atoms with van der Waals surface area (Å²) in [6.07, 6.45) is 0. The van der Waals surface area contributed by atoms with E-state index in [2.05, 4.69) is 0 Å². The second-order valence-electron chi connectivity index (χ2n) is 3.96. The number of nitriles is 1. The van der Waals surface area contributed by atoms with E-state index in [0.717, 1.165) is 0 Å². The summed E-state index contributed by atoms with van der Waals surface area (Å²) in [5, 5.41) is 8.95. The predicted molar refractivity (Wildman–Crippen MR) is 73.2 cm³/mol. The van der Waals surface area contributed by atoms with E-state index in [-0.39, 0.29) is 11.3 Å². The first-order chi connectivity index (χ1) is 9.65. The molecule has 2 aromatic rings. The first-order valence-corrected chi connectivity index (χ1v) is 6.04. The van der Waals surface area contributed by atoms with Gasteiger partial charge in [0, 0.05) is 6.07 Å². The van der Waals surface area contributed by atoms with Crippen molar-refractivity contribution in [2.24, 2.45) is 0 Å². The quantitative estimate of drug-likeness (QED) is 0.865. The van der Waals surface area contributed by atoms with E-state index in [4.69, 9.17) is 20.5 Å². The molecule has 0 saturated heterocycles. The minimum Gasteiger partial charge on any atom is -0.492 e. The van der Waals surface area contributed by atoms with Gasteiger partial charge in [-0.1, -0.05) is 6.07 Å². The highest BCUT2D eigenvalue weighted by molar-refractivity contribution is 5.56. The van der Waals surface area contributed by atoms with Gasteiger partial charge < -0.3 is 15.2 Å². The Hall–Kier alpha value is -2.74. The van der Waals surface area contributed by atoms with Crippen molar-refractivity contribution in [3.63, 3.8) is 0 Å². The van der Waals surface area contributed by atoms with Gasteiger partial charge in [0.1, 0.15) is 34.7 Å². The molecule has 0 fully saturated rings. The van der Waals surface area contributed by atoms with Gasteiger partial charge in [0.25, 0.3) is 0 Å². The van der Waals surface area contributed by atoms with Crippen molar-refractivity contribution in [3.05, 3.63) is 47.8 Å². The summed E-state index contributed by atoms with van der Waals surface area (Å²) in [4.78, 5) is 0. The lowest BCUT2D eigenvalue weighted by molar-refractivity contribution is 0.340. The van der Waals surface area contributed by atoms with Crippen molar-refractivity contribution in [2.75, 3.05) is 12.3 Å². The van der Waals surface area contributed by atoms with Gasteiger partial charge >= 0.3 is 0 Å². The molecule has 20 heavy (non-hydrogen) atoms. The first kappa shape index (κ1) is 13.7. The van der Waals surface area contributed by atoms with Crippen molar-refractivity contribution >= 4 is 5.69 Å². The Morgan fingerprint density at radius 3 is 2.75 bits per heavy atom. The number of ether oxygens (including phenoxy) is 2. The Bertz CT molecular complexity index is 665. The molecule has 2 rings (SSSR count). The number of rotatable bonds is 4. The van der Waals surface area contributed by atoms with Gasteiger partial charge in [0.05, 0.1) is 12.3 Å². The van der Waals surface area contributed by atoms with Crippen LogP contribution in [-0.4, -0.2) is 6.61 Å². The van der Waals surface area contributed by atoms with Crippen LogP contribution in [0.5, 0.6) is 17.2 Å². The Balaban J connectivity index is 2.34. The number of nitrogens with zero attached hydrogens (tertiary/aromatic N) is 1. The maximum atomic E-state index is 13.5. The molecular weight excluding hydrogens is 259 g/mol. The Morgan fingerprint density at radius 2 is 2.05 bits per heavy atom. The molecular formula is C15H13FN2O2. The van der Waals surface area contributed by atoms with Crippen LogP contribution in [0.1, 0.15) is 12.5 Å². The average molecular weight is 272 g/mol. The first-order valence-electron chi connectivity index (χ1n) is 6.04. The number of nitrogens with two attached hydrogens (primary N) is 1. The molecule has 2 aromatic carbocycles. The molecule has 0 radical (unpaired) electrons. The normalized spacial score (nSPS) is 9.85. The molecule has 0 aliphatic carbocycles. The Labute approximate surface area is 116 Å². The molecule has 0 bridgehead atoms. The van der Waals surface area contributed by atoms with Crippen molar-refractivity contribution < 1.29 is 13.9 Å². The van der Waals surface area contributed by atoms with E-state index in [1.165, 1.54) is 18.2 Å². The molecule has 0 amide bonds. The molecule has 0 spiro atoms. The summed E-state index contributed by atoms with van der Waals surface area (Å²) in [6, 6.07) is 10.9. The second-order valence-corrected chi connectivity index (χ2v) is 3.96. The molecule has 102 valence electrons. The maximum Gasteiger partial charge on any atom is 0.148 e. The third-order valence-corrected chi connectivity index (χ3v) is 2.60. The van der Waals surface area contributed by atoms with Crippen LogP contribution >= 0.6 is 0 Å². The van der Waals surface area contributed by atoms with Crippen LogP contribution in [0.3, 0.4) is 0 Å². The van der Waals surface area contributed by atoms with Crippen LogP contribution < -0.4 is 15.2 Å². The SMILES string of the molecule is CCOc1cc(Oc2cccc(F)c2C#N)ccc1N.